The van der Waals surface area contributed by atoms with Crippen LogP contribution < -0.4 is 0 Å². The van der Waals surface area contributed by atoms with Crippen molar-refractivity contribution in [3.63, 3.8) is 0 Å². The van der Waals surface area contributed by atoms with Gasteiger partial charge in [-0.05, 0) is 0 Å². The van der Waals surface area contributed by atoms with Crippen molar-refractivity contribution in [3.05, 3.63) is 0 Å². The third kappa shape index (κ3) is 7.68. The predicted molar refractivity (Wildman–Crippen MR) is 95.2 cm³/mol. The van der Waals surface area contributed by atoms with Gasteiger partial charge in [-0.1, -0.05) is 0 Å². The van der Waals surface area contributed by atoms with Crippen LogP contribution in [0.3, 0.4) is 0 Å². The number of rotatable bonds is 14. The van der Waals surface area contributed by atoms with Gasteiger partial charge in [0.2, 0.25) is 0 Å². The number of hydrogen-bond donors (Lipinski definition) is 0. The van der Waals surface area contributed by atoms with Gasteiger partial charge < -0.3 is 0 Å². The Morgan fingerprint density at radius 3 is 1.45 bits per heavy atom. The minimum atomic E-state index is -2.12. The van der Waals surface area contributed by atoms with Crippen LogP contribution in [0.4, 0.5) is 0 Å². The van der Waals surface area contributed by atoms with E-state index in [0.717, 1.165) is 6.61 Å². The molecule has 0 N–H and O–H groups in total. The Morgan fingerprint density at radius 1 is 0.700 bits per heavy atom. The molecule has 0 saturated heterocycles. The van der Waals surface area contributed by atoms with Gasteiger partial charge in [0, 0.05) is 0 Å². The van der Waals surface area contributed by atoms with Gasteiger partial charge in [-0.3, -0.25) is 0 Å². The summed E-state index contributed by atoms with van der Waals surface area (Å²) in [5, 5.41) is 0. The minimum absolute atomic E-state index is 0.698. The maximum absolute atomic E-state index is 6.33. The van der Waals surface area contributed by atoms with Gasteiger partial charge in [0.1, 0.15) is 0 Å². The van der Waals surface area contributed by atoms with Crippen molar-refractivity contribution in [3.8, 4) is 0 Å². The molecule has 1 nitrogen and oxygen atoms in total. The molecule has 0 aromatic rings. The van der Waals surface area contributed by atoms with Crippen LogP contribution in [-0.4, -0.2) is 29.1 Å². The molecule has 0 radical (unpaired) electrons. The SMILES string of the molecule is CCC[CH2][Sn]([CH2]CCC)([CH2]CCC)[CH](CCC)OCC. The molecule has 0 fully saturated rings. The first-order valence-electron chi connectivity index (χ1n) is 9.32. The van der Waals surface area contributed by atoms with Crippen LogP contribution in [0.2, 0.25) is 13.3 Å². The van der Waals surface area contributed by atoms with Gasteiger partial charge in [0.15, 0.2) is 0 Å². The predicted octanol–water partition coefficient (Wildman–Crippen LogP) is 6.58. The van der Waals surface area contributed by atoms with Crippen molar-refractivity contribution >= 4 is 18.4 Å². The Labute approximate surface area is 133 Å². The first kappa shape index (κ1) is 20.8. The van der Waals surface area contributed by atoms with E-state index in [1.165, 1.54) is 51.4 Å². The van der Waals surface area contributed by atoms with E-state index in [9.17, 15) is 0 Å². The molecular formula is C18H40OSn. The molecule has 0 amide bonds. The molecule has 2 heteroatoms. The van der Waals surface area contributed by atoms with E-state index in [-0.39, 0.29) is 0 Å². The third-order valence-electron chi connectivity index (χ3n) is 4.69. The summed E-state index contributed by atoms with van der Waals surface area (Å²) in [5.41, 5.74) is 0. The Bertz CT molecular complexity index is 178. The molecule has 0 aliphatic rings. The Morgan fingerprint density at radius 2 is 1.15 bits per heavy atom. The molecule has 1 unspecified atom stereocenters. The van der Waals surface area contributed by atoms with E-state index in [4.69, 9.17) is 4.74 Å². The summed E-state index contributed by atoms with van der Waals surface area (Å²) >= 11 is -2.12. The third-order valence-corrected chi connectivity index (χ3v) is 21.4. The molecular weight excluding hydrogens is 351 g/mol. The Kier molecular flexibility index (Phi) is 13.9. The topological polar surface area (TPSA) is 9.23 Å². The van der Waals surface area contributed by atoms with Crippen molar-refractivity contribution in [2.24, 2.45) is 0 Å². The van der Waals surface area contributed by atoms with E-state index >= 15 is 0 Å². The molecule has 0 aliphatic heterocycles. The second kappa shape index (κ2) is 13.4. The fourth-order valence-corrected chi connectivity index (χ4v) is 21.5. The fourth-order valence-electron chi connectivity index (χ4n) is 3.47. The number of hydrogen-bond acceptors (Lipinski definition) is 1. The van der Waals surface area contributed by atoms with E-state index < -0.39 is 18.4 Å². The standard InChI is InChI=1S/C6H13O.3C4H9.Sn/c1-3-5-6-7-4-2;3*1-3-4-2;/h6H,3-5H2,1-2H3;3*1,3-4H2,2H3;. The zero-order chi connectivity index (χ0) is 15.3. The van der Waals surface area contributed by atoms with Gasteiger partial charge >= 0.3 is 133 Å². The number of unbranched alkanes of at least 4 members (excludes halogenated alkanes) is 3. The van der Waals surface area contributed by atoms with Crippen LogP contribution in [0.5, 0.6) is 0 Å². The van der Waals surface area contributed by atoms with E-state index in [1.807, 2.05) is 0 Å². The molecule has 0 aromatic carbocycles. The fraction of sp³-hybridized carbons (Fsp3) is 1.00. The zero-order valence-corrected chi connectivity index (χ0v) is 17.8. The first-order chi connectivity index (χ1) is 9.70. The summed E-state index contributed by atoms with van der Waals surface area (Å²) in [4.78, 5) is 0. The van der Waals surface area contributed by atoms with Gasteiger partial charge in [-0.25, -0.2) is 0 Å². The Hall–Kier alpha value is 0.759. The molecule has 0 aromatic heterocycles. The quantitative estimate of drug-likeness (QED) is 0.304. The van der Waals surface area contributed by atoms with Gasteiger partial charge in [0.25, 0.3) is 0 Å². The molecule has 0 saturated carbocycles. The van der Waals surface area contributed by atoms with Crippen LogP contribution in [0, 0.1) is 0 Å². The van der Waals surface area contributed by atoms with Crippen LogP contribution >= 0.6 is 0 Å². The van der Waals surface area contributed by atoms with Crippen molar-refractivity contribution in [1.82, 2.24) is 0 Å². The van der Waals surface area contributed by atoms with Crippen molar-refractivity contribution in [1.29, 1.82) is 0 Å². The summed E-state index contributed by atoms with van der Waals surface area (Å²) < 4.78 is 11.8. The van der Waals surface area contributed by atoms with E-state index in [2.05, 4.69) is 34.6 Å². The van der Waals surface area contributed by atoms with Crippen molar-refractivity contribution in [2.45, 2.75) is 103 Å². The molecule has 0 aliphatic carbocycles. The first-order valence-corrected chi connectivity index (χ1v) is 17.0. The van der Waals surface area contributed by atoms with Crippen LogP contribution in [0.25, 0.3) is 0 Å². The number of ether oxygens (including phenoxy) is 1. The van der Waals surface area contributed by atoms with Crippen molar-refractivity contribution < 1.29 is 4.74 Å². The van der Waals surface area contributed by atoms with Gasteiger partial charge in [-0.15, -0.1) is 0 Å². The summed E-state index contributed by atoms with van der Waals surface area (Å²) in [5.74, 6) is 0. The summed E-state index contributed by atoms with van der Waals surface area (Å²) in [6, 6.07) is 0. The van der Waals surface area contributed by atoms with Gasteiger partial charge in [-0.2, -0.15) is 0 Å². The average molecular weight is 391 g/mol. The van der Waals surface area contributed by atoms with Gasteiger partial charge in [0.05, 0.1) is 0 Å². The maximum atomic E-state index is 6.33. The normalized spacial score (nSPS) is 13.7. The van der Waals surface area contributed by atoms with Crippen LogP contribution in [0.1, 0.15) is 86.0 Å². The molecule has 20 heavy (non-hydrogen) atoms. The second-order valence-electron chi connectivity index (χ2n) is 6.41. The zero-order valence-electron chi connectivity index (χ0n) is 15.0. The second-order valence-corrected chi connectivity index (χ2v) is 20.3. The molecule has 0 bridgehead atoms. The van der Waals surface area contributed by atoms with E-state index in [0.29, 0.717) is 4.12 Å². The molecule has 1 atom stereocenters. The Balaban J connectivity index is 5.03. The monoisotopic (exact) mass is 392 g/mol. The molecule has 122 valence electrons. The summed E-state index contributed by atoms with van der Waals surface area (Å²) in [6.45, 7) is 12.5. The summed E-state index contributed by atoms with van der Waals surface area (Å²) in [6.07, 6.45) is 11.1. The molecule has 0 spiro atoms. The average Bonchev–Trinajstić information content (AvgIpc) is 2.47. The molecule has 0 rings (SSSR count). The van der Waals surface area contributed by atoms with Crippen LogP contribution in [-0.2, 0) is 4.74 Å². The van der Waals surface area contributed by atoms with E-state index in [1.54, 1.807) is 13.3 Å². The molecule has 0 heterocycles. The van der Waals surface area contributed by atoms with Crippen molar-refractivity contribution in [2.75, 3.05) is 6.61 Å². The summed E-state index contributed by atoms with van der Waals surface area (Å²) in [7, 11) is 0. The van der Waals surface area contributed by atoms with Crippen LogP contribution in [0.15, 0.2) is 0 Å².